The van der Waals surface area contributed by atoms with Gasteiger partial charge in [0.15, 0.2) is 5.69 Å². The van der Waals surface area contributed by atoms with Crippen molar-refractivity contribution in [3.63, 3.8) is 0 Å². The third-order valence-corrected chi connectivity index (χ3v) is 2.47. The van der Waals surface area contributed by atoms with E-state index < -0.39 is 5.97 Å². The van der Waals surface area contributed by atoms with Crippen LogP contribution in [0.4, 0.5) is 11.7 Å². The van der Waals surface area contributed by atoms with E-state index in [1.165, 1.54) is 6.26 Å². The van der Waals surface area contributed by atoms with Gasteiger partial charge in [-0.15, -0.1) is 0 Å². The van der Waals surface area contributed by atoms with Crippen LogP contribution in [-0.4, -0.2) is 27.3 Å². The molecule has 0 aliphatic heterocycles. The molecule has 2 heterocycles. The van der Waals surface area contributed by atoms with E-state index in [4.69, 9.17) is 9.15 Å². The highest BCUT2D eigenvalue weighted by Gasteiger charge is 2.14. The van der Waals surface area contributed by atoms with Crippen molar-refractivity contribution in [2.45, 2.75) is 20.3 Å². The molecule has 19 heavy (non-hydrogen) atoms. The predicted molar refractivity (Wildman–Crippen MR) is 68.3 cm³/mol. The highest BCUT2D eigenvalue weighted by atomic mass is 16.5. The summed E-state index contributed by atoms with van der Waals surface area (Å²) < 4.78 is 11.7. The fourth-order valence-corrected chi connectivity index (χ4v) is 1.65. The molecular weight excluding hydrogens is 248 g/mol. The minimum Gasteiger partial charge on any atom is -0.461 e. The first kappa shape index (κ1) is 13.1. The van der Waals surface area contributed by atoms with Crippen LogP contribution >= 0.6 is 0 Å². The molecule has 7 heteroatoms. The van der Waals surface area contributed by atoms with Crippen LogP contribution in [-0.2, 0) is 18.2 Å². The van der Waals surface area contributed by atoms with Gasteiger partial charge in [-0.05, 0) is 13.3 Å². The minimum atomic E-state index is -0.499. The standard InChI is InChI=1S/C12H16N4O3/c1-4-8-9(6-16(3)15-8)13-12-14-10(7-19-12)11(17)18-5-2/h6-7H,4-5H2,1-3H3,(H,13,14). The Morgan fingerprint density at radius 2 is 2.32 bits per heavy atom. The molecule has 0 unspecified atom stereocenters. The fraction of sp³-hybridized carbons (Fsp3) is 0.417. The minimum absolute atomic E-state index is 0.145. The second-order valence-corrected chi connectivity index (χ2v) is 3.90. The Labute approximate surface area is 110 Å². The van der Waals surface area contributed by atoms with Gasteiger partial charge in [0, 0.05) is 13.2 Å². The zero-order valence-corrected chi connectivity index (χ0v) is 11.1. The number of esters is 1. The van der Waals surface area contributed by atoms with E-state index in [0.717, 1.165) is 17.8 Å². The van der Waals surface area contributed by atoms with Crippen LogP contribution in [0, 0.1) is 0 Å². The Hall–Kier alpha value is -2.31. The van der Waals surface area contributed by atoms with Gasteiger partial charge < -0.3 is 14.5 Å². The van der Waals surface area contributed by atoms with Gasteiger partial charge in [-0.1, -0.05) is 6.92 Å². The number of oxazole rings is 1. The molecule has 7 nitrogen and oxygen atoms in total. The van der Waals surface area contributed by atoms with E-state index in [-0.39, 0.29) is 11.7 Å². The van der Waals surface area contributed by atoms with Gasteiger partial charge in [0.2, 0.25) is 0 Å². The number of hydrogen-bond acceptors (Lipinski definition) is 6. The number of nitrogens with zero attached hydrogens (tertiary/aromatic N) is 3. The second kappa shape index (κ2) is 5.55. The largest absolute Gasteiger partial charge is 0.461 e. The van der Waals surface area contributed by atoms with Crippen molar-refractivity contribution in [2.24, 2.45) is 7.05 Å². The van der Waals surface area contributed by atoms with Gasteiger partial charge in [-0.2, -0.15) is 10.1 Å². The van der Waals surface area contributed by atoms with E-state index in [1.54, 1.807) is 11.6 Å². The molecule has 0 radical (unpaired) electrons. The Bertz CT molecular complexity index is 573. The highest BCUT2D eigenvalue weighted by Crippen LogP contribution is 2.20. The molecule has 0 aromatic carbocycles. The normalized spacial score (nSPS) is 10.5. The van der Waals surface area contributed by atoms with Gasteiger partial charge in [0.1, 0.15) is 6.26 Å². The summed E-state index contributed by atoms with van der Waals surface area (Å²) >= 11 is 0. The summed E-state index contributed by atoms with van der Waals surface area (Å²) in [6.45, 7) is 4.05. The molecule has 0 spiro atoms. The quantitative estimate of drug-likeness (QED) is 0.830. The predicted octanol–water partition coefficient (Wildman–Crippen LogP) is 1.89. The molecule has 0 saturated heterocycles. The van der Waals surface area contributed by atoms with Crippen molar-refractivity contribution in [3.05, 3.63) is 23.8 Å². The number of aromatic nitrogens is 3. The lowest BCUT2D eigenvalue weighted by atomic mass is 10.3. The van der Waals surface area contributed by atoms with Crippen LogP contribution in [0.2, 0.25) is 0 Å². The molecule has 0 aliphatic rings. The molecule has 0 atom stereocenters. The number of carbonyl (C=O) groups excluding carboxylic acids is 1. The van der Waals surface area contributed by atoms with Crippen molar-refractivity contribution in [1.82, 2.24) is 14.8 Å². The molecule has 0 bridgehead atoms. The molecule has 0 amide bonds. The van der Waals surface area contributed by atoms with Gasteiger partial charge in [0.25, 0.3) is 6.01 Å². The van der Waals surface area contributed by atoms with E-state index in [9.17, 15) is 4.79 Å². The van der Waals surface area contributed by atoms with E-state index >= 15 is 0 Å². The van der Waals surface area contributed by atoms with Crippen LogP contribution in [0.15, 0.2) is 16.9 Å². The Morgan fingerprint density at radius 1 is 1.53 bits per heavy atom. The van der Waals surface area contributed by atoms with Crippen molar-refractivity contribution in [2.75, 3.05) is 11.9 Å². The summed E-state index contributed by atoms with van der Waals surface area (Å²) in [4.78, 5) is 15.5. The molecule has 2 aromatic rings. The summed E-state index contributed by atoms with van der Waals surface area (Å²) in [5.41, 5.74) is 1.85. The summed E-state index contributed by atoms with van der Waals surface area (Å²) in [5, 5.41) is 7.28. The van der Waals surface area contributed by atoms with Crippen molar-refractivity contribution < 1.29 is 13.9 Å². The van der Waals surface area contributed by atoms with Crippen molar-refractivity contribution in [3.8, 4) is 0 Å². The van der Waals surface area contributed by atoms with Crippen LogP contribution in [0.3, 0.4) is 0 Å². The van der Waals surface area contributed by atoms with Gasteiger partial charge in [-0.25, -0.2) is 4.79 Å². The maximum Gasteiger partial charge on any atom is 0.360 e. The second-order valence-electron chi connectivity index (χ2n) is 3.90. The summed E-state index contributed by atoms with van der Waals surface area (Å²) in [5.74, 6) is -0.499. The number of nitrogens with one attached hydrogen (secondary N) is 1. The first-order valence-electron chi connectivity index (χ1n) is 6.06. The van der Waals surface area contributed by atoms with E-state index in [0.29, 0.717) is 6.61 Å². The maximum atomic E-state index is 11.4. The Balaban J connectivity index is 2.13. The average Bonchev–Trinajstić information content (AvgIpc) is 2.97. The lowest BCUT2D eigenvalue weighted by Gasteiger charge is -1.99. The monoisotopic (exact) mass is 264 g/mol. The van der Waals surface area contributed by atoms with Gasteiger partial charge >= 0.3 is 5.97 Å². The summed E-state index contributed by atoms with van der Waals surface area (Å²) in [7, 11) is 1.84. The maximum absolute atomic E-state index is 11.4. The molecule has 1 N–H and O–H groups in total. The Morgan fingerprint density at radius 3 is 3.00 bits per heavy atom. The van der Waals surface area contributed by atoms with Crippen LogP contribution in [0.25, 0.3) is 0 Å². The summed E-state index contributed by atoms with van der Waals surface area (Å²) in [6, 6.07) is 0.241. The van der Waals surface area contributed by atoms with E-state index in [1.807, 2.05) is 20.2 Å². The number of hydrogen-bond donors (Lipinski definition) is 1. The number of anilines is 2. The smallest absolute Gasteiger partial charge is 0.360 e. The van der Waals surface area contributed by atoms with Crippen molar-refractivity contribution in [1.29, 1.82) is 0 Å². The van der Waals surface area contributed by atoms with E-state index in [2.05, 4.69) is 15.4 Å². The summed E-state index contributed by atoms with van der Waals surface area (Å²) in [6.07, 6.45) is 3.88. The third kappa shape index (κ3) is 2.93. The van der Waals surface area contributed by atoms with Crippen LogP contribution in [0.5, 0.6) is 0 Å². The van der Waals surface area contributed by atoms with Crippen LogP contribution < -0.4 is 5.32 Å². The molecule has 102 valence electrons. The van der Waals surface area contributed by atoms with Crippen LogP contribution in [0.1, 0.15) is 30.0 Å². The number of aryl methyl sites for hydroxylation is 2. The molecule has 0 saturated carbocycles. The third-order valence-electron chi connectivity index (χ3n) is 2.47. The lowest BCUT2D eigenvalue weighted by molar-refractivity contribution is 0.0519. The molecule has 0 fully saturated rings. The van der Waals surface area contributed by atoms with Gasteiger partial charge in [0.05, 0.1) is 18.0 Å². The first-order chi connectivity index (χ1) is 9.13. The number of ether oxygens (including phenoxy) is 1. The topological polar surface area (TPSA) is 82.2 Å². The van der Waals surface area contributed by atoms with Crippen molar-refractivity contribution >= 4 is 17.7 Å². The molecular formula is C12H16N4O3. The number of carbonyl (C=O) groups is 1. The fourth-order valence-electron chi connectivity index (χ4n) is 1.65. The zero-order chi connectivity index (χ0) is 13.8. The molecule has 2 rings (SSSR count). The lowest BCUT2D eigenvalue weighted by Crippen LogP contribution is -2.05. The SMILES string of the molecule is CCOC(=O)c1coc(Nc2cn(C)nc2CC)n1. The first-order valence-corrected chi connectivity index (χ1v) is 6.06. The molecule has 2 aromatic heterocycles. The zero-order valence-electron chi connectivity index (χ0n) is 11.1. The average molecular weight is 264 g/mol. The molecule has 0 aliphatic carbocycles. The highest BCUT2D eigenvalue weighted by molar-refractivity contribution is 5.87. The van der Waals surface area contributed by atoms with Gasteiger partial charge in [-0.3, -0.25) is 4.68 Å². The number of rotatable bonds is 5. The Kier molecular flexibility index (Phi) is 3.84.